The van der Waals surface area contributed by atoms with Crippen LogP contribution >= 0.6 is 0 Å². The van der Waals surface area contributed by atoms with Crippen LogP contribution in [0.3, 0.4) is 0 Å². The zero-order valence-corrected chi connectivity index (χ0v) is 18.4. The number of ether oxygens (including phenoxy) is 1. The van der Waals surface area contributed by atoms with Crippen molar-refractivity contribution in [3.8, 4) is 11.5 Å². The van der Waals surface area contributed by atoms with Gasteiger partial charge in [0.05, 0.1) is 0 Å². The molecule has 3 aliphatic rings. The van der Waals surface area contributed by atoms with Crippen molar-refractivity contribution in [3.63, 3.8) is 0 Å². The highest BCUT2D eigenvalue weighted by Gasteiger charge is 2.54. The van der Waals surface area contributed by atoms with Crippen LogP contribution in [0.2, 0.25) is 0 Å². The first kappa shape index (κ1) is 23.8. The van der Waals surface area contributed by atoms with Gasteiger partial charge >= 0.3 is 5.97 Å². The zero-order chi connectivity index (χ0) is 24.1. The van der Waals surface area contributed by atoms with Crippen LogP contribution in [0.25, 0.3) is 0 Å². The number of benzene rings is 1. The Labute approximate surface area is 191 Å². The van der Waals surface area contributed by atoms with Crippen LogP contribution in [-0.4, -0.2) is 68.0 Å². The minimum Gasteiger partial charge on any atom is -0.504 e. The lowest BCUT2D eigenvalue weighted by Crippen LogP contribution is -2.49. The number of hydrogen-bond acceptors (Lipinski definition) is 9. The van der Waals surface area contributed by atoms with Crippen molar-refractivity contribution >= 4 is 18.0 Å². The first-order chi connectivity index (χ1) is 15.6. The standard InChI is InChI=1S/C24H30O9/c1-24-7-6-12-13(15(24)4-5-19(24)28)3-2-11-8-18(16(26)9-14(11)12)33-23(32)22(31)21(30)20(29)17(27)10-25/h8-10,12-13,15,17,20-22,26-27,29-31H,2-7H2,1H3/t12-,13+,15-,17-,20+,21-,22-,24-/m0/s1. The second-order valence-corrected chi connectivity index (χ2v) is 9.83. The molecule has 180 valence electrons. The fourth-order valence-corrected chi connectivity index (χ4v) is 6.22. The number of esters is 1. The largest absolute Gasteiger partial charge is 0.504 e. The Bertz CT molecular complexity index is 959. The molecule has 0 unspecified atom stereocenters. The quantitative estimate of drug-likeness (QED) is 0.228. The van der Waals surface area contributed by atoms with Gasteiger partial charge < -0.3 is 35.1 Å². The summed E-state index contributed by atoms with van der Waals surface area (Å²) in [5.74, 6) is -0.575. The molecule has 3 aliphatic carbocycles. The molecule has 2 fully saturated rings. The number of carbonyl (C=O) groups excluding carboxylic acids is 3. The number of aromatic hydroxyl groups is 1. The van der Waals surface area contributed by atoms with Crippen molar-refractivity contribution in [2.24, 2.45) is 17.3 Å². The van der Waals surface area contributed by atoms with Crippen molar-refractivity contribution < 1.29 is 44.7 Å². The Morgan fingerprint density at radius 3 is 2.55 bits per heavy atom. The van der Waals surface area contributed by atoms with Crippen LogP contribution in [0.4, 0.5) is 0 Å². The molecule has 0 bridgehead atoms. The van der Waals surface area contributed by atoms with E-state index in [9.17, 15) is 39.9 Å². The molecule has 1 aromatic rings. The first-order valence-electron chi connectivity index (χ1n) is 11.4. The van der Waals surface area contributed by atoms with E-state index in [0.29, 0.717) is 30.5 Å². The molecule has 0 aromatic heterocycles. The number of fused-ring (bicyclic) bond motifs is 5. The minimum absolute atomic E-state index is 0.0379. The molecule has 2 saturated carbocycles. The van der Waals surface area contributed by atoms with E-state index in [1.165, 1.54) is 0 Å². The number of hydrogen-bond donors (Lipinski definition) is 5. The predicted molar refractivity (Wildman–Crippen MR) is 113 cm³/mol. The van der Waals surface area contributed by atoms with Gasteiger partial charge in [-0.15, -0.1) is 0 Å². The summed E-state index contributed by atoms with van der Waals surface area (Å²) >= 11 is 0. The molecular weight excluding hydrogens is 432 g/mol. The second-order valence-electron chi connectivity index (χ2n) is 9.83. The van der Waals surface area contributed by atoms with Gasteiger partial charge in [0, 0.05) is 11.8 Å². The van der Waals surface area contributed by atoms with Crippen molar-refractivity contribution in [3.05, 3.63) is 23.3 Å². The minimum atomic E-state index is -2.25. The molecule has 0 aliphatic heterocycles. The second kappa shape index (κ2) is 8.79. The zero-order valence-electron chi connectivity index (χ0n) is 18.4. The normalized spacial score (nSPS) is 32.0. The number of aldehydes is 1. The van der Waals surface area contributed by atoms with Gasteiger partial charge in [-0.2, -0.15) is 0 Å². The number of phenolic OH excluding ortho intramolecular Hbond substituents is 1. The molecule has 0 heterocycles. The molecule has 8 atom stereocenters. The Morgan fingerprint density at radius 1 is 1.12 bits per heavy atom. The Hall–Kier alpha value is -2.33. The summed E-state index contributed by atoms with van der Waals surface area (Å²) < 4.78 is 5.07. The third-order valence-electron chi connectivity index (χ3n) is 8.13. The van der Waals surface area contributed by atoms with Crippen LogP contribution in [0.1, 0.15) is 56.1 Å². The highest BCUT2D eigenvalue weighted by molar-refractivity contribution is 5.87. The van der Waals surface area contributed by atoms with Crippen LogP contribution < -0.4 is 4.74 Å². The maximum absolute atomic E-state index is 12.5. The van der Waals surface area contributed by atoms with Gasteiger partial charge in [0.1, 0.15) is 24.1 Å². The van der Waals surface area contributed by atoms with Gasteiger partial charge in [-0.3, -0.25) is 4.79 Å². The third kappa shape index (κ3) is 3.97. The van der Waals surface area contributed by atoms with Crippen molar-refractivity contribution in [2.75, 3.05) is 0 Å². The fraction of sp³-hybridized carbons (Fsp3) is 0.625. The van der Waals surface area contributed by atoms with Crippen molar-refractivity contribution in [1.82, 2.24) is 0 Å². The van der Waals surface area contributed by atoms with E-state index in [1.54, 1.807) is 12.1 Å². The Balaban J connectivity index is 1.51. The molecule has 0 amide bonds. The van der Waals surface area contributed by atoms with E-state index >= 15 is 0 Å². The fourth-order valence-electron chi connectivity index (χ4n) is 6.22. The molecular formula is C24H30O9. The summed E-state index contributed by atoms with van der Waals surface area (Å²) in [7, 11) is 0. The smallest absolute Gasteiger partial charge is 0.343 e. The Kier molecular flexibility index (Phi) is 6.34. The molecule has 5 N–H and O–H groups in total. The highest BCUT2D eigenvalue weighted by atomic mass is 16.6. The molecule has 9 nitrogen and oxygen atoms in total. The molecule has 0 spiro atoms. The average Bonchev–Trinajstić information content (AvgIpc) is 3.11. The third-order valence-corrected chi connectivity index (χ3v) is 8.13. The van der Waals surface area contributed by atoms with Crippen molar-refractivity contribution in [2.45, 2.75) is 75.8 Å². The van der Waals surface area contributed by atoms with Gasteiger partial charge in [0.2, 0.25) is 0 Å². The summed E-state index contributed by atoms with van der Waals surface area (Å²) in [6.07, 6.45) is -3.75. The SMILES string of the molecule is C[C@]12CC[C@@H]3c4cc(O)c(OC(=O)[C@@H](O)[C@@H](O)[C@H](O)[C@@H](O)C=O)cc4CC[C@H]3[C@@H]1CCC2=O. The van der Waals surface area contributed by atoms with E-state index < -0.39 is 30.4 Å². The summed E-state index contributed by atoms with van der Waals surface area (Å²) in [4.78, 5) is 35.3. The number of aryl methyl sites for hydroxylation is 1. The van der Waals surface area contributed by atoms with Crippen LogP contribution in [0.5, 0.6) is 11.5 Å². The topological polar surface area (TPSA) is 162 Å². The molecule has 33 heavy (non-hydrogen) atoms. The molecule has 0 radical (unpaired) electrons. The van der Waals surface area contributed by atoms with E-state index in [1.807, 2.05) is 0 Å². The van der Waals surface area contributed by atoms with Crippen molar-refractivity contribution in [1.29, 1.82) is 0 Å². The monoisotopic (exact) mass is 462 g/mol. The lowest BCUT2D eigenvalue weighted by Gasteiger charge is -2.48. The average molecular weight is 462 g/mol. The summed E-state index contributed by atoms with van der Waals surface area (Å²) in [6.45, 7) is 2.09. The van der Waals surface area contributed by atoms with Crippen LogP contribution in [-0.2, 0) is 20.8 Å². The molecule has 0 saturated heterocycles. The number of rotatable bonds is 6. The van der Waals surface area contributed by atoms with E-state index in [4.69, 9.17) is 4.74 Å². The number of carbonyl (C=O) groups is 3. The first-order valence-corrected chi connectivity index (χ1v) is 11.4. The van der Waals surface area contributed by atoms with Gasteiger partial charge in [-0.25, -0.2) is 4.79 Å². The lowest BCUT2D eigenvalue weighted by atomic mass is 9.55. The Morgan fingerprint density at radius 2 is 1.85 bits per heavy atom. The van der Waals surface area contributed by atoms with Crippen LogP contribution in [0, 0.1) is 17.3 Å². The van der Waals surface area contributed by atoms with Gasteiger partial charge in [-0.1, -0.05) is 6.92 Å². The number of Topliss-reactive ketones (excluding diaryl/α,β-unsaturated/α-hetero) is 1. The summed E-state index contributed by atoms with van der Waals surface area (Å²) in [5, 5.41) is 49.2. The predicted octanol–water partition coefficient (Wildman–Crippen LogP) is 0.365. The van der Waals surface area contributed by atoms with Crippen LogP contribution in [0.15, 0.2) is 12.1 Å². The maximum Gasteiger partial charge on any atom is 0.343 e. The van der Waals surface area contributed by atoms with Gasteiger partial charge in [0.25, 0.3) is 0 Å². The number of phenols is 1. The van der Waals surface area contributed by atoms with Gasteiger partial charge in [-0.05, 0) is 73.1 Å². The van der Waals surface area contributed by atoms with E-state index in [-0.39, 0.29) is 29.1 Å². The number of ketones is 1. The highest BCUT2D eigenvalue weighted by Crippen LogP contribution is 2.60. The molecule has 1 aromatic carbocycles. The summed E-state index contributed by atoms with van der Waals surface area (Å²) in [5.41, 5.74) is 1.64. The maximum atomic E-state index is 12.5. The number of aliphatic hydroxyl groups excluding tert-OH is 4. The summed E-state index contributed by atoms with van der Waals surface area (Å²) in [6, 6.07) is 3.12. The van der Waals surface area contributed by atoms with Gasteiger partial charge in [0.15, 0.2) is 23.9 Å². The van der Waals surface area contributed by atoms with E-state index in [0.717, 1.165) is 36.8 Å². The molecule has 4 rings (SSSR count). The number of aliphatic hydroxyl groups is 4. The molecule has 9 heteroatoms. The lowest BCUT2D eigenvalue weighted by molar-refractivity contribution is -0.161. The van der Waals surface area contributed by atoms with E-state index in [2.05, 4.69) is 6.92 Å².